The number of aromatic nitrogens is 2. The van der Waals surface area contributed by atoms with E-state index in [2.05, 4.69) is 20.6 Å². The van der Waals surface area contributed by atoms with Crippen molar-refractivity contribution in [3.05, 3.63) is 11.9 Å². The highest BCUT2D eigenvalue weighted by Crippen LogP contribution is 2.23. The number of carbonyl (C=O) groups excluding carboxylic acids is 1. The third-order valence-electron chi connectivity index (χ3n) is 3.31. The van der Waals surface area contributed by atoms with Gasteiger partial charge in [-0.3, -0.25) is 4.79 Å². The second kappa shape index (κ2) is 7.04. The fourth-order valence-electron chi connectivity index (χ4n) is 2.26. The van der Waals surface area contributed by atoms with Gasteiger partial charge >= 0.3 is 0 Å². The third kappa shape index (κ3) is 3.36. The second-order valence-corrected chi connectivity index (χ2v) is 4.62. The van der Waals surface area contributed by atoms with Crippen molar-refractivity contribution in [3.63, 3.8) is 0 Å². The molecule has 1 aromatic heterocycles. The van der Waals surface area contributed by atoms with Gasteiger partial charge < -0.3 is 20.1 Å². The molecular weight excluding hydrogens is 260 g/mol. The van der Waals surface area contributed by atoms with Crippen LogP contribution < -0.4 is 20.1 Å². The first-order chi connectivity index (χ1) is 9.76. The standard InChI is InChI=1S/C13H20N4O3/c1-19-12-10(13(20-2)17-8-16-12)11(18)15-7-9-5-3-4-6-14-9/h8-9,14H,3-7H2,1-2H3,(H,15,18)/t9-/m0/s1. The molecule has 0 unspecified atom stereocenters. The normalized spacial score (nSPS) is 18.4. The van der Waals surface area contributed by atoms with Gasteiger partial charge in [0.25, 0.3) is 5.91 Å². The summed E-state index contributed by atoms with van der Waals surface area (Å²) in [6.45, 7) is 1.57. The molecule has 1 aliphatic heterocycles. The van der Waals surface area contributed by atoms with Crippen LogP contribution in [0.3, 0.4) is 0 Å². The molecule has 2 heterocycles. The van der Waals surface area contributed by atoms with E-state index in [1.165, 1.54) is 33.4 Å². The lowest BCUT2D eigenvalue weighted by Crippen LogP contribution is -2.43. The lowest BCUT2D eigenvalue weighted by Gasteiger charge is -2.23. The number of hydrogen-bond acceptors (Lipinski definition) is 6. The Kier molecular flexibility index (Phi) is 5.11. The molecule has 0 aromatic carbocycles. The van der Waals surface area contributed by atoms with Crippen LogP contribution in [-0.2, 0) is 0 Å². The molecule has 0 spiro atoms. The lowest BCUT2D eigenvalue weighted by atomic mass is 10.1. The SMILES string of the molecule is COc1ncnc(OC)c1C(=O)NC[C@@H]1CCCCN1. The van der Waals surface area contributed by atoms with E-state index in [-0.39, 0.29) is 23.2 Å². The molecule has 1 aliphatic rings. The molecule has 0 bridgehead atoms. The van der Waals surface area contributed by atoms with Crippen molar-refractivity contribution >= 4 is 5.91 Å². The average Bonchev–Trinajstić information content (AvgIpc) is 2.52. The van der Waals surface area contributed by atoms with Gasteiger partial charge in [0.2, 0.25) is 11.8 Å². The number of nitrogens with zero attached hydrogens (tertiary/aromatic N) is 2. The zero-order valence-electron chi connectivity index (χ0n) is 11.8. The van der Waals surface area contributed by atoms with Crippen molar-refractivity contribution in [2.45, 2.75) is 25.3 Å². The Hall–Kier alpha value is -1.89. The number of carbonyl (C=O) groups is 1. The zero-order valence-corrected chi connectivity index (χ0v) is 11.8. The highest BCUT2D eigenvalue weighted by Gasteiger charge is 2.22. The largest absolute Gasteiger partial charge is 0.480 e. The molecule has 7 nitrogen and oxygen atoms in total. The van der Waals surface area contributed by atoms with Gasteiger partial charge in [-0.1, -0.05) is 6.42 Å². The Labute approximate surface area is 118 Å². The molecule has 1 fully saturated rings. The van der Waals surface area contributed by atoms with Crippen molar-refractivity contribution in [2.24, 2.45) is 0 Å². The van der Waals surface area contributed by atoms with E-state index in [1.807, 2.05) is 0 Å². The summed E-state index contributed by atoms with van der Waals surface area (Å²) in [6, 6.07) is 0.314. The van der Waals surface area contributed by atoms with E-state index < -0.39 is 0 Å². The Balaban J connectivity index is 2.04. The maximum absolute atomic E-state index is 12.3. The molecule has 1 aromatic rings. The minimum Gasteiger partial charge on any atom is -0.480 e. The number of methoxy groups -OCH3 is 2. The smallest absolute Gasteiger partial charge is 0.262 e. The van der Waals surface area contributed by atoms with E-state index in [9.17, 15) is 4.79 Å². The molecule has 7 heteroatoms. The van der Waals surface area contributed by atoms with Crippen LogP contribution in [0.25, 0.3) is 0 Å². The molecular formula is C13H20N4O3. The molecule has 2 rings (SSSR count). The quantitative estimate of drug-likeness (QED) is 0.810. The summed E-state index contributed by atoms with van der Waals surface area (Å²) in [6.07, 6.45) is 4.75. The van der Waals surface area contributed by atoms with Gasteiger partial charge in [-0.05, 0) is 19.4 Å². The van der Waals surface area contributed by atoms with Crippen molar-refractivity contribution < 1.29 is 14.3 Å². The summed E-state index contributed by atoms with van der Waals surface area (Å²) in [5.41, 5.74) is 0.230. The number of piperidine rings is 1. The predicted octanol–water partition coefficient (Wildman–Crippen LogP) is 0.366. The summed E-state index contributed by atoms with van der Waals surface area (Å²) in [5.74, 6) is 0.142. The highest BCUT2D eigenvalue weighted by molar-refractivity contribution is 5.98. The third-order valence-corrected chi connectivity index (χ3v) is 3.31. The summed E-state index contributed by atoms with van der Waals surface area (Å²) in [4.78, 5) is 20.1. The van der Waals surface area contributed by atoms with Gasteiger partial charge in [-0.15, -0.1) is 0 Å². The molecule has 20 heavy (non-hydrogen) atoms. The van der Waals surface area contributed by atoms with E-state index in [0.717, 1.165) is 13.0 Å². The van der Waals surface area contributed by atoms with E-state index in [1.54, 1.807) is 0 Å². The Morgan fingerprint density at radius 2 is 2.05 bits per heavy atom. The minimum absolute atomic E-state index is 0.214. The number of nitrogens with one attached hydrogen (secondary N) is 2. The monoisotopic (exact) mass is 280 g/mol. The van der Waals surface area contributed by atoms with E-state index >= 15 is 0 Å². The second-order valence-electron chi connectivity index (χ2n) is 4.62. The molecule has 0 radical (unpaired) electrons. The zero-order chi connectivity index (χ0) is 14.4. The van der Waals surface area contributed by atoms with Crippen molar-refractivity contribution in [3.8, 4) is 11.8 Å². The van der Waals surface area contributed by atoms with Crippen LogP contribution in [0.15, 0.2) is 6.33 Å². The maximum atomic E-state index is 12.3. The molecule has 1 atom stereocenters. The predicted molar refractivity (Wildman–Crippen MR) is 73.1 cm³/mol. The molecule has 0 aliphatic carbocycles. The number of amides is 1. The number of hydrogen-bond donors (Lipinski definition) is 2. The van der Waals surface area contributed by atoms with Crippen LogP contribution in [0.1, 0.15) is 29.6 Å². The fourth-order valence-corrected chi connectivity index (χ4v) is 2.26. The van der Waals surface area contributed by atoms with Crippen molar-refractivity contribution in [1.29, 1.82) is 0 Å². The Bertz CT molecular complexity index is 439. The highest BCUT2D eigenvalue weighted by atomic mass is 16.5. The minimum atomic E-state index is -0.285. The molecule has 0 saturated carbocycles. The van der Waals surface area contributed by atoms with Crippen LogP contribution in [0, 0.1) is 0 Å². The van der Waals surface area contributed by atoms with Crippen molar-refractivity contribution in [2.75, 3.05) is 27.3 Å². The Morgan fingerprint density at radius 3 is 2.60 bits per heavy atom. The van der Waals surface area contributed by atoms with Crippen LogP contribution in [0.4, 0.5) is 0 Å². The number of rotatable bonds is 5. The van der Waals surface area contributed by atoms with Crippen LogP contribution in [0.5, 0.6) is 11.8 Å². The fraction of sp³-hybridized carbons (Fsp3) is 0.615. The van der Waals surface area contributed by atoms with Crippen molar-refractivity contribution in [1.82, 2.24) is 20.6 Å². The van der Waals surface area contributed by atoms with E-state index in [0.29, 0.717) is 12.6 Å². The average molecular weight is 280 g/mol. The summed E-state index contributed by atoms with van der Waals surface area (Å²) in [7, 11) is 2.92. The first-order valence-corrected chi connectivity index (χ1v) is 6.70. The molecule has 2 N–H and O–H groups in total. The summed E-state index contributed by atoms with van der Waals surface area (Å²) < 4.78 is 10.2. The molecule has 1 saturated heterocycles. The van der Waals surface area contributed by atoms with E-state index in [4.69, 9.17) is 9.47 Å². The number of ether oxygens (including phenoxy) is 2. The van der Waals surface area contributed by atoms with Crippen LogP contribution in [-0.4, -0.2) is 49.2 Å². The molecule has 1 amide bonds. The van der Waals surface area contributed by atoms with Crippen LogP contribution >= 0.6 is 0 Å². The first-order valence-electron chi connectivity index (χ1n) is 6.70. The Morgan fingerprint density at radius 1 is 1.35 bits per heavy atom. The molecule has 110 valence electrons. The van der Waals surface area contributed by atoms with Gasteiger partial charge in [0.05, 0.1) is 14.2 Å². The topological polar surface area (TPSA) is 85.4 Å². The van der Waals surface area contributed by atoms with Gasteiger partial charge in [-0.2, -0.15) is 0 Å². The summed E-state index contributed by atoms with van der Waals surface area (Å²) >= 11 is 0. The van der Waals surface area contributed by atoms with Gasteiger partial charge in [0.1, 0.15) is 6.33 Å². The van der Waals surface area contributed by atoms with Gasteiger partial charge in [-0.25, -0.2) is 9.97 Å². The van der Waals surface area contributed by atoms with Crippen LogP contribution in [0.2, 0.25) is 0 Å². The maximum Gasteiger partial charge on any atom is 0.262 e. The first kappa shape index (κ1) is 14.5. The van der Waals surface area contributed by atoms with Gasteiger partial charge in [0.15, 0.2) is 5.56 Å². The van der Waals surface area contributed by atoms with Gasteiger partial charge in [0, 0.05) is 12.6 Å². The summed E-state index contributed by atoms with van der Waals surface area (Å²) in [5, 5.41) is 6.25. The lowest BCUT2D eigenvalue weighted by molar-refractivity contribution is 0.0939.